The molecule has 228 valence electrons. The fourth-order valence-electron chi connectivity index (χ4n) is 2.69. The third-order valence-electron chi connectivity index (χ3n) is 4.81. The van der Waals surface area contributed by atoms with Crippen LogP contribution in [0.25, 0.3) is 0 Å². The monoisotopic (exact) mass is 584 g/mol. The second kappa shape index (κ2) is 18.0. The van der Waals surface area contributed by atoms with Crippen LogP contribution in [0.1, 0.15) is 81.1 Å². The van der Waals surface area contributed by atoms with Crippen molar-refractivity contribution in [3.63, 3.8) is 0 Å². The Labute approximate surface area is 231 Å². The van der Waals surface area contributed by atoms with E-state index in [9.17, 15) is 18.9 Å². The average Bonchev–Trinajstić information content (AvgIpc) is 2.83. The number of ether oxygens (including phenoxy) is 4. The third kappa shape index (κ3) is 14.5. The molecule has 0 aliphatic heterocycles. The van der Waals surface area contributed by atoms with E-state index in [0.717, 1.165) is 6.42 Å². The molecule has 0 spiro atoms. The SMILES string of the molecule is CCCC[N+](C)(OC(C)=O)C(N)=NP(=O)(OC(OC(=O)OCCC)C(C)C)OC(OC(=O)OCCC)C(C)C. The summed E-state index contributed by atoms with van der Waals surface area (Å²) in [7, 11) is -3.29. The summed E-state index contributed by atoms with van der Waals surface area (Å²) >= 11 is 0. The van der Waals surface area contributed by atoms with Crippen LogP contribution in [0.3, 0.4) is 0 Å². The van der Waals surface area contributed by atoms with Crippen molar-refractivity contribution >= 4 is 32.0 Å². The first kappa shape index (κ1) is 36.6. The minimum Gasteiger partial charge on any atom is -0.434 e. The summed E-state index contributed by atoms with van der Waals surface area (Å²) in [4.78, 5) is 41.5. The number of hydrogen-bond donors (Lipinski definition) is 1. The molecule has 0 aliphatic carbocycles. The molecule has 0 radical (unpaired) electrons. The van der Waals surface area contributed by atoms with Gasteiger partial charge >= 0.3 is 32.0 Å². The third-order valence-corrected chi connectivity index (χ3v) is 6.21. The van der Waals surface area contributed by atoms with Crippen molar-refractivity contribution in [2.24, 2.45) is 22.3 Å². The molecule has 0 aliphatic rings. The van der Waals surface area contributed by atoms with Gasteiger partial charge in [0.15, 0.2) is 0 Å². The van der Waals surface area contributed by atoms with Crippen molar-refractivity contribution in [1.29, 1.82) is 0 Å². The van der Waals surface area contributed by atoms with Crippen molar-refractivity contribution in [1.82, 2.24) is 0 Å². The van der Waals surface area contributed by atoms with Crippen molar-refractivity contribution in [3.8, 4) is 0 Å². The molecular formula is C24H47N3O11P+. The molecule has 14 nitrogen and oxygen atoms in total. The normalized spacial score (nSPS) is 16.5. The molecule has 0 saturated heterocycles. The molecule has 39 heavy (non-hydrogen) atoms. The van der Waals surface area contributed by atoms with Crippen molar-refractivity contribution in [3.05, 3.63) is 0 Å². The maximum Gasteiger partial charge on any atom is 0.510 e. The van der Waals surface area contributed by atoms with Gasteiger partial charge < -0.3 is 24.7 Å². The molecule has 3 unspecified atom stereocenters. The van der Waals surface area contributed by atoms with Gasteiger partial charge in [-0.1, -0.05) is 59.5 Å². The van der Waals surface area contributed by atoms with Gasteiger partial charge in [-0.25, -0.2) is 28.0 Å². The fourth-order valence-corrected chi connectivity index (χ4v) is 4.37. The second-order valence-electron chi connectivity index (χ2n) is 9.56. The van der Waals surface area contributed by atoms with Gasteiger partial charge in [-0.05, 0) is 12.8 Å². The largest absolute Gasteiger partial charge is 0.510 e. The lowest BCUT2D eigenvalue weighted by Gasteiger charge is -2.30. The summed E-state index contributed by atoms with van der Waals surface area (Å²) in [6.45, 7) is 13.7. The number of quaternary nitrogens is 1. The van der Waals surface area contributed by atoms with Crippen molar-refractivity contribution in [2.75, 3.05) is 26.8 Å². The lowest BCUT2D eigenvalue weighted by atomic mass is 10.2. The Bertz CT molecular complexity index is 813. The van der Waals surface area contributed by atoms with Crippen LogP contribution in [0.2, 0.25) is 0 Å². The summed E-state index contributed by atoms with van der Waals surface area (Å²) in [5.74, 6) is -2.17. The molecule has 0 aromatic heterocycles. The summed E-state index contributed by atoms with van der Waals surface area (Å²) < 4.78 is 49.0. The quantitative estimate of drug-likeness (QED) is 0.0475. The Kier molecular flexibility index (Phi) is 16.9. The zero-order valence-electron chi connectivity index (χ0n) is 24.7. The number of nitrogens with zero attached hydrogens (tertiary/aromatic N) is 2. The summed E-state index contributed by atoms with van der Waals surface area (Å²) in [6.07, 6.45) is -2.61. The lowest BCUT2D eigenvalue weighted by Crippen LogP contribution is -2.54. The predicted molar refractivity (Wildman–Crippen MR) is 142 cm³/mol. The van der Waals surface area contributed by atoms with E-state index in [0.29, 0.717) is 19.3 Å². The van der Waals surface area contributed by atoms with Crippen molar-refractivity contribution in [2.45, 2.75) is 93.7 Å². The number of carbonyl (C=O) groups excluding carboxylic acids is 3. The predicted octanol–water partition coefficient (Wildman–Crippen LogP) is 5.26. The van der Waals surface area contributed by atoms with E-state index in [1.165, 1.54) is 14.0 Å². The van der Waals surface area contributed by atoms with Crippen LogP contribution in [0.15, 0.2) is 4.76 Å². The Hall–Kier alpha value is -2.41. The molecule has 0 aromatic rings. The van der Waals surface area contributed by atoms with Crippen LogP contribution in [0, 0.1) is 11.8 Å². The van der Waals surface area contributed by atoms with E-state index < -0.39 is 61.0 Å². The molecule has 0 amide bonds. The van der Waals surface area contributed by atoms with Gasteiger partial charge in [0.1, 0.15) is 13.6 Å². The molecule has 0 fully saturated rings. The molecule has 15 heteroatoms. The van der Waals surface area contributed by atoms with Crippen LogP contribution in [0.5, 0.6) is 0 Å². The van der Waals surface area contributed by atoms with Gasteiger partial charge in [0.25, 0.3) is 0 Å². The highest BCUT2D eigenvalue weighted by Gasteiger charge is 2.42. The van der Waals surface area contributed by atoms with Gasteiger partial charge in [-0.15, -0.1) is 4.76 Å². The van der Waals surface area contributed by atoms with E-state index in [2.05, 4.69) is 4.76 Å². The molecular weight excluding hydrogens is 537 g/mol. The first-order chi connectivity index (χ1) is 18.1. The minimum atomic E-state index is -4.74. The highest BCUT2D eigenvalue weighted by molar-refractivity contribution is 7.52. The number of guanidine groups is 1. The number of unbranched alkanes of at least 4 members (excludes halogenated alkanes) is 1. The van der Waals surface area contributed by atoms with E-state index >= 15 is 0 Å². The van der Waals surface area contributed by atoms with Crippen LogP contribution in [0.4, 0.5) is 9.59 Å². The Balaban J connectivity index is 6.50. The summed E-state index contributed by atoms with van der Waals surface area (Å²) in [5.41, 5.74) is 6.21. The summed E-state index contributed by atoms with van der Waals surface area (Å²) in [6, 6.07) is 0. The highest BCUT2D eigenvalue weighted by Crippen LogP contribution is 2.54. The maximum atomic E-state index is 14.1. The molecule has 2 N–H and O–H groups in total. The first-order valence-electron chi connectivity index (χ1n) is 13.2. The number of carbonyl (C=O) groups is 3. The number of hydroxylamine groups is 3. The molecule has 0 saturated carbocycles. The summed E-state index contributed by atoms with van der Waals surface area (Å²) in [5, 5.41) is 0. The smallest absolute Gasteiger partial charge is 0.434 e. The topological polar surface area (TPSA) is 171 Å². The van der Waals surface area contributed by atoms with Gasteiger partial charge in [0.05, 0.1) is 13.2 Å². The Morgan fingerprint density at radius 2 is 1.28 bits per heavy atom. The highest BCUT2D eigenvalue weighted by atomic mass is 31.2. The van der Waals surface area contributed by atoms with E-state index in [1.54, 1.807) is 41.5 Å². The zero-order valence-corrected chi connectivity index (χ0v) is 25.6. The molecule has 3 atom stereocenters. The molecule has 0 bridgehead atoms. The van der Waals surface area contributed by atoms with Crippen LogP contribution in [-0.2, 0) is 42.2 Å². The van der Waals surface area contributed by atoms with Gasteiger partial charge in [0, 0.05) is 25.2 Å². The molecule has 0 aromatic carbocycles. The Morgan fingerprint density at radius 3 is 1.62 bits per heavy atom. The minimum absolute atomic E-state index is 0.0989. The zero-order chi connectivity index (χ0) is 30.2. The molecule has 0 rings (SSSR count). The standard InChI is InChI=1S/C24H47N3O11P/c1-10-13-14-27(9,36-19(8)28)22(25)26-39(31,37-20(17(4)5)34-23(29)32-15-11-2)38-21(18(6)7)35-24(30)33-16-12-3/h17-18,20-21H,10-16H2,1-9H3,(H2,25,26,31)/q+1. The van der Waals surface area contributed by atoms with Crippen LogP contribution < -0.4 is 5.73 Å². The second-order valence-corrected chi connectivity index (χ2v) is 11.1. The lowest BCUT2D eigenvalue weighted by molar-refractivity contribution is -1.00. The first-order valence-corrected chi connectivity index (χ1v) is 14.7. The number of rotatable bonds is 16. The maximum absolute atomic E-state index is 14.1. The van der Waals surface area contributed by atoms with E-state index in [4.69, 9.17) is 38.6 Å². The van der Waals surface area contributed by atoms with Gasteiger partial charge in [0.2, 0.25) is 12.6 Å². The fraction of sp³-hybridized carbons (Fsp3) is 0.833. The average molecular weight is 585 g/mol. The van der Waals surface area contributed by atoms with Gasteiger partial charge in [-0.2, -0.15) is 0 Å². The van der Waals surface area contributed by atoms with Crippen LogP contribution in [-0.4, -0.2) is 68.3 Å². The van der Waals surface area contributed by atoms with E-state index in [1.807, 2.05) is 6.92 Å². The number of nitrogens with two attached hydrogens (primary N) is 1. The Morgan fingerprint density at radius 1 is 0.846 bits per heavy atom. The van der Waals surface area contributed by atoms with E-state index in [-0.39, 0.29) is 19.8 Å². The molecule has 0 heterocycles. The van der Waals surface area contributed by atoms with Crippen molar-refractivity contribution < 1.29 is 56.4 Å². The van der Waals surface area contributed by atoms with Crippen LogP contribution >= 0.6 is 7.75 Å². The van der Waals surface area contributed by atoms with Gasteiger partial charge in [-0.3, -0.25) is 4.84 Å². The number of hydrogen-bond acceptors (Lipinski definition) is 11.